The van der Waals surface area contributed by atoms with E-state index in [0.717, 1.165) is 5.56 Å². The Morgan fingerprint density at radius 3 is 2.69 bits per heavy atom. The van der Waals surface area contributed by atoms with Crippen LogP contribution in [0.15, 0.2) is 23.0 Å². The first-order valence-electron chi connectivity index (χ1n) is 5.19. The Bertz CT molecular complexity index is 344. The number of furan rings is 1. The van der Waals surface area contributed by atoms with Crippen molar-refractivity contribution in [2.75, 3.05) is 6.54 Å². The molecule has 0 fully saturated rings. The molecule has 0 aliphatic heterocycles. The van der Waals surface area contributed by atoms with Crippen LogP contribution in [0.25, 0.3) is 0 Å². The van der Waals surface area contributed by atoms with Gasteiger partial charge in [-0.1, -0.05) is 0 Å². The molecule has 1 rings (SSSR count). The van der Waals surface area contributed by atoms with Gasteiger partial charge >= 0.3 is 11.8 Å². The summed E-state index contributed by atoms with van der Waals surface area (Å²) in [4.78, 5) is 22.5. The molecule has 5 heteroatoms. The third-order valence-electron chi connectivity index (χ3n) is 1.91. The molecule has 0 spiro atoms. The number of rotatable bonds is 4. The molecule has 1 heterocycles. The van der Waals surface area contributed by atoms with Gasteiger partial charge in [-0.05, 0) is 31.9 Å². The normalized spacial score (nSPS) is 10.2. The van der Waals surface area contributed by atoms with Crippen molar-refractivity contribution in [3.63, 3.8) is 0 Å². The lowest BCUT2D eigenvalue weighted by atomic mass is 10.2. The molecular weight excluding hydrogens is 208 g/mol. The molecule has 0 aromatic carbocycles. The van der Waals surface area contributed by atoms with Crippen molar-refractivity contribution in [1.29, 1.82) is 0 Å². The van der Waals surface area contributed by atoms with Gasteiger partial charge in [0.25, 0.3) is 0 Å². The average Bonchev–Trinajstić information content (AvgIpc) is 2.69. The Morgan fingerprint density at radius 2 is 2.12 bits per heavy atom. The average molecular weight is 224 g/mol. The molecule has 5 nitrogen and oxygen atoms in total. The van der Waals surface area contributed by atoms with Crippen molar-refractivity contribution in [2.45, 2.75) is 26.3 Å². The smallest absolute Gasteiger partial charge is 0.309 e. The van der Waals surface area contributed by atoms with E-state index in [4.69, 9.17) is 4.42 Å². The number of amides is 2. The Labute approximate surface area is 94.2 Å². The SMILES string of the molecule is CC(C)NC(=O)C(=O)NCCc1ccoc1. The predicted molar refractivity (Wildman–Crippen MR) is 58.7 cm³/mol. The van der Waals surface area contributed by atoms with Gasteiger partial charge in [-0.2, -0.15) is 0 Å². The van der Waals surface area contributed by atoms with Crippen LogP contribution in [0.5, 0.6) is 0 Å². The van der Waals surface area contributed by atoms with E-state index in [2.05, 4.69) is 10.6 Å². The van der Waals surface area contributed by atoms with Crippen LogP contribution in [-0.4, -0.2) is 24.4 Å². The van der Waals surface area contributed by atoms with Crippen molar-refractivity contribution in [3.8, 4) is 0 Å². The second-order valence-electron chi connectivity index (χ2n) is 3.77. The van der Waals surface area contributed by atoms with E-state index < -0.39 is 11.8 Å². The molecule has 0 aliphatic rings. The largest absolute Gasteiger partial charge is 0.472 e. The van der Waals surface area contributed by atoms with Crippen LogP contribution in [0.2, 0.25) is 0 Å². The third kappa shape index (κ3) is 4.16. The second-order valence-corrected chi connectivity index (χ2v) is 3.77. The van der Waals surface area contributed by atoms with E-state index in [1.807, 2.05) is 6.07 Å². The maximum Gasteiger partial charge on any atom is 0.309 e. The standard InChI is InChI=1S/C11H16N2O3/c1-8(2)13-11(15)10(14)12-5-3-9-4-6-16-7-9/h4,6-8H,3,5H2,1-2H3,(H,12,14)(H,13,15). The molecule has 2 amide bonds. The van der Waals surface area contributed by atoms with Crippen molar-refractivity contribution in [3.05, 3.63) is 24.2 Å². The van der Waals surface area contributed by atoms with Gasteiger partial charge in [-0.15, -0.1) is 0 Å². The molecule has 0 aliphatic carbocycles. The molecule has 0 saturated heterocycles. The highest BCUT2D eigenvalue weighted by molar-refractivity contribution is 6.35. The van der Waals surface area contributed by atoms with E-state index >= 15 is 0 Å². The van der Waals surface area contributed by atoms with Crippen molar-refractivity contribution in [1.82, 2.24) is 10.6 Å². The van der Waals surface area contributed by atoms with E-state index in [0.29, 0.717) is 13.0 Å². The predicted octanol–water partition coefficient (Wildman–Crippen LogP) is 0.463. The lowest BCUT2D eigenvalue weighted by Gasteiger charge is -2.08. The number of hydrogen-bond acceptors (Lipinski definition) is 3. The molecule has 0 unspecified atom stereocenters. The van der Waals surface area contributed by atoms with Gasteiger partial charge in [-0.3, -0.25) is 9.59 Å². The molecule has 0 atom stereocenters. The molecule has 0 saturated carbocycles. The Morgan fingerprint density at radius 1 is 1.38 bits per heavy atom. The molecule has 0 radical (unpaired) electrons. The zero-order valence-electron chi connectivity index (χ0n) is 9.45. The van der Waals surface area contributed by atoms with Gasteiger partial charge in [0, 0.05) is 12.6 Å². The molecule has 88 valence electrons. The number of carbonyl (C=O) groups excluding carboxylic acids is 2. The van der Waals surface area contributed by atoms with E-state index in [9.17, 15) is 9.59 Å². The molecule has 0 bridgehead atoms. The van der Waals surface area contributed by atoms with Crippen LogP contribution in [0.4, 0.5) is 0 Å². The van der Waals surface area contributed by atoms with Gasteiger partial charge in [0.05, 0.1) is 12.5 Å². The lowest BCUT2D eigenvalue weighted by molar-refractivity contribution is -0.139. The van der Waals surface area contributed by atoms with Crippen LogP contribution in [0, 0.1) is 0 Å². The number of carbonyl (C=O) groups is 2. The third-order valence-corrected chi connectivity index (χ3v) is 1.91. The van der Waals surface area contributed by atoms with Gasteiger partial charge in [0.15, 0.2) is 0 Å². The first-order valence-corrected chi connectivity index (χ1v) is 5.19. The zero-order chi connectivity index (χ0) is 12.0. The van der Waals surface area contributed by atoms with Crippen LogP contribution in [0.1, 0.15) is 19.4 Å². The van der Waals surface area contributed by atoms with Crippen LogP contribution < -0.4 is 10.6 Å². The summed E-state index contributed by atoms with van der Waals surface area (Å²) in [6.45, 7) is 4.02. The molecule has 2 N–H and O–H groups in total. The Balaban J connectivity index is 2.22. The summed E-state index contributed by atoms with van der Waals surface area (Å²) in [6.07, 6.45) is 3.83. The fourth-order valence-corrected chi connectivity index (χ4v) is 1.16. The highest BCUT2D eigenvalue weighted by Crippen LogP contribution is 1.99. The van der Waals surface area contributed by atoms with Gasteiger partial charge in [-0.25, -0.2) is 0 Å². The van der Waals surface area contributed by atoms with E-state index in [1.54, 1.807) is 26.4 Å². The fraction of sp³-hybridized carbons (Fsp3) is 0.455. The number of hydrogen-bond donors (Lipinski definition) is 2. The highest BCUT2D eigenvalue weighted by Gasteiger charge is 2.13. The van der Waals surface area contributed by atoms with Crippen LogP contribution >= 0.6 is 0 Å². The van der Waals surface area contributed by atoms with Crippen LogP contribution in [0.3, 0.4) is 0 Å². The van der Waals surface area contributed by atoms with Crippen molar-refractivity contribution < 1.29 is 14.0 Å². The maximum absolute atomic E-state index is 11.3. The van der Waals surface area contributed by atoms with Gasteiger partial charge < -0.3 is 15.1 Å². The molecule has 16 heavy (non-hydrogen) atoms. The minimum atomic E-state index is -0.600. The first-order chi connectivity index (χ1) is 7.59. The lowest BCUT2D eigenvalue weighted by Crippen LogP contribution is -2.43. The Kier molecular flexibility index (Phi) is 4.57. The molecule has 1 aromatic rings. The summed E-state index contributed by atoms with van der Waals surface area (Å²) in [5.74, 6) is -1.20. The maximum atomic E-state index is 11.3. The topological polar surface area (TPSA) is 71.3 Å². The minimum Gasteiger partial charge on any atom is -0.472 e. The van der Waals surface area contributed by atoms with E-state index in [-0.39, 0.29) is 6.04 Å². The summed E-state index contributed by atoms with van der Waals surface area (Å²) >= 11 is 0. The summed E-state index contributed by atoms with van der Waals surface area (Å²) < 4.78 is 4.88. The summed E-state index contributed by atoms with van der Waals surface area (Å²) in [5.41, 5.74) is 0.990. The summed E-state index contributed by atoms with van der Waals surface area (Å²) in [7, 11) is 0. The molecule has 1 aromatic heterocycles. The minimum absolute atomic E-state index is 0.0351. The first kappa shape index (κ1) is 12.3. The zero-order valence-corrected chi connectivity index (χ0v) is 9.45. The van der Waals surface area contributed by atoms with Gasteiger partial charge in [0.2, 0.25) is 0 Å². The second kappa shape index (κ2) is 5.95. The Hall–Kier alpha value is -1.78. The van der Waals surface area contributed by atoms with Crippen molar-refractivity contribution >= 4 is 11.8 Å². The summed E-state index contributed by atoms with van der Waals surface area (Å²) in [5, 5.41) is 5.05. The summed E-state index contributed by atoms with van der Waals surface area (Å²) in [6, 6.07) is 1.78. The van der Waals surface area contributed by atoms with Crippen molar-refractivity contribution in [2.24, 2.45) is 0 Å². The highest BCUT2D eigenvalue weighted by atomic mass is 16.3. The van der Waals surface area contributed by atoms with Gasteiger partial charge in [0.1, 0.15) is 0 Å². The van der Waals surface area contributed by atoms with E-state index in [1.165, 1.54) is 0 Å². The monoisotopic (exact) mass is 224 g/mol. The number of nitrogens with one attached hydrogen (secondary N) is 2. The van der Waals surface area contributed by atoms with Crippen LogP contribution in [-0.2, 0) is 16.0 Å². The fourth-order valence-electron chi connectivity index (χ4n) is 1.16. The molecular formula is C11H16N2O3. The quantitative estimate of drug-likeness (QED) is 0.730.